The van der Waals surface area contributed by atoms with Crippen LogP contribution in [-0.2, 0) is 19.1 Å². The first-order valence-electron chi connectivity index (χ1n) is 7.56. The fourth-order valence-corrected chi connectivity index (χ4v) is 2.68. The van der Waals surface area contributed by atoms with Gasteiger partial charge in [0.25, 0.3) is 0 Å². The van der Waals surface area contributed by atoms with Gasteiger partial charge in [-0.3, -0.25) is 4.79 Å². The number of allylic oxidation sites excluding steroid dienone is 2. The SMILES string of the molecule is CC(=O)OC(C(=O)OCC1C(C=C(C)C)C1(C)C)C(C)C. The molecule has 4 nitrogen and oxygen atoms in total. The maximum absolute atomic E-state index is 12.1. The Morgan fingerprint density at radius 3 is 2.19 bits per heavy atom. The minimum Gasteiger partial charge on any atom is -0.463 e. The maximum atomic E-state index is 12.1. The second kappa shape index (κ2) is 6.63. The van der Waals surface area contributed by atoms with Crippen LogP contribution < -0.4 is 0 Å². The lowest BCUT2D eigenvalue weighted by molar-refractivity contribution is -0.170. The van der Waals surface area contributed by atoms with Crippen molar-refractivity contribution in [3.8, 4) is 0 Å². The van der Waals surface area contributed by atoms with E-state index in [2.05, 4.69) is 33.8 Å². The molecule has 1 aliphatic carbocycles. The summed E-state index contributed by atoms with van der Waals surface area (Å²) in [6.07, 6.45) is 1.43. The summed E-state index contributed by atoms with van der Waals surface area (Å²) in [4.78, 5) is 23.1. The largest absolute Gasteiger partial charge is 0.463 e. The summed E-state index contributed by atoms with van der Waals surface area (Å²) in [5.74, 6) is -0.219. The van der Waals surface area contributed by atoms with E-state index in [1.807, 2.05) is 13.8 Å². The summed E-state index contributed by atoms with van der Waals surface area (Å²) in [6, 6.07) is 0. The van der Waals surface area contributed by atoms with Crippen molar-refractivity contribution in [1.29, 1.82) is 0 Å². The molecule has 3 atom stereocenters. The van der Waals surface area contributed by atoms with Gasteiger partial charge in [0.1, 0.15) is 0 Å². The first kappa shape index (κ1) is 17.7. The van der Waals surface area contributed by atoms with Crippen molar-refractivity contribution in [2.75, 3.05) is 6.61 Å². The van der Waals surface area contributed by atoms with Crippen LogP contribution in [0.25, 0.3) is 0 Å². The lowest BCUT2D eigenvalue weighted by atomic mass is 10.1. The quantitative estimate of drug-likeness (QED) is 0.557. The number of carbonyl (C=O) groups is 2. The minimum atomic E-state index is -0.814. The molecule has 1 saturated carbocycles. The van der Waals surface area contributed by atoms with Gasteiger partial charge in [0.2, 0.25) is 6.10 Å². The molecule has 0 aromatic heterocycles. The molecular formula is C17H28O4. The normalized spacial score (nSPS) is 24.2. The molecule has 0 aromatic carbocycles. The number of rotatable bonds is 6. The molecule has 120 valence electrons. The van der Waals surface area contributed by atoms with E-state index in [9.17, 15) is 9.59 Å². The van der Waals surface area contributed by atoms with Crippen LogP contribution >= 0.6 is 0 Å². The number of esters is 2. The molecule has 0 aromatic rings. The highest BCUT2D eigenvalue weighted by Gasteiger charge is 2.56. The van der Waals surface area contributed by atoms with Crippen LogP contribution in [0.5, 0.6) is 0 Å². The Hall–Kier alpha value is -1.32. The molecule has 4 heteroatoms. The monoisotopic (exact) mass is 296 g/mol. The lowest BCUT2D eigenvalue weighted by Gasteiger charge is -2.19. The standard InChI is InChI=1S/C17H28O4/c1-10(2)8-13-14(17(13,6)7)9-20-16(19)15(11(3)4)21-12(5)18/h8,11,13-15H,9H2,1-7H3. The van der Waals surface area contributed by atoms with E-state index in [4.69, 9.17) is 9.47 Å². The van der Waals surface area contributed by atoms with Crippen LogP contribution in [0.3, 0.4) is 0 Å². The van der Waals surface area contributed by atoms with E-state index in [0.717, 1.165) is 0 Å². The van der Waals surface area contributed by atoms with Crippen molar-refractivity contribution in [1.82, 2.24) is 0 Å². The van der Waals surface area contributed by atoms with E-state index in [0.29, 0.717) is 18.4 Å². The van der Waals surface area contributed by atoms with Crippen LogP contribution in [0.4, 0.5) is 0 Å². The Balaban J connectivity index is 2.57. The van der Waals surface area contributed by atoms with E-state index in [-0.39, 0.29) is 11.3 Å². The van der Waals surface area contributed by atoms with Gasteiger partial charge in [-0.1, -0.05) is 39.3 Å². The second-order valence-electron chi connectivity index (χ2n) is 7.10. The zero-order valence-corrected chi connectivity index (χ0v) is 14.2. The number of ether oxygens (including phenoxy) is 2. The van der Waals surface area contributed by atoms with E-state index in [1.165, 1.54) is 12.5 Å². The molecule has 0 bridgehead atoms. The molecule has 0 N–H and O–H groups in total. The summed E-state index contributed by atoms with van der Waals surface area (Å²) < 4.78 is 10.4. The molecule has 1 aliphatic rings. The summed E-state index contributed by atoms with van der Waals surface area (Å²) >= 11 is 0. The van der Waals surface area contributed by atoms with Crippen molar-refractivity contribution in [2.24, 2.45) is 23.2 Å². The summed E-state index contributed by atoms with van der Waals surface area (Å²) in [7, 11) is 0. The fraction of sp³-hybridized carbons (Fsp3) is 0.765. The van der Waals surface area contributed by atoms with Gasteiger partial charge >= 0.3 is 11.9 Å². The first-order chi connectivity index (χ1) is 9.57. The van der Waals surface area contributed by atoms with Gasteiger partial charge in [-0.05, 0) is 25.2 Å². The topological polar surface area (TPSA) is 52.6 Å². The molecule has 0 amide bonds. The van der Waals surface area contributed by atoms with E-state index < -0.39 is 18.0 Å². The average molecular weight is 296 g/mol. The zero-order valence-electron chi connectivity index (χ0n) is 14.2. The number of carbonyl (C=O) groups excluding carboxylic acids is 2. The predicted octanol–water partition coefficient (Wildman–Crippen LogP) is 3.36. The molecule has 0 radical (unpaired) electrons. The van der Waals surface area contributed by atoms with Crippen LogP contribution in [0.15, 0.2) is 11.6 Å². The molecule has 0 heterocycles. The van der Waals surface area contributed by atoms with Crippen LogP contribution in [0.1, 0.15) is 48.5 Å². The Bertz CT molecular complexity index is 430. The molecule has 0 saturated heterocycles. The highest BCUT2D eigenvalue weighted by atomic mass is 16.6. The van der Waals surface area contributed by atoms with Gasteiger partial charge in [0.15, 0.2) is 0 Å². The molecule has 3 unspecified atom stereocenters. The predicted molar refractivity (Wildman–Crippen MR) is 81.5 cm³/mol. The van der Waals surface area contributed by atoms with E-state index >= 15 is 0 Å². The maximum Gasteiger partial charge on any atom is 0.347 e. The molecule has 1 fully saturated rings. The fourth-order valence-electron chi connectivity index (χ4n) is 2.68. The van der Waals surface area contributed by atoms with Crippen molar-refractivity contribution in [2.45, 2.75) is 54.6 Å². The van der Waals surface area contributed by atoms with Gasteiger partial charge in [0.05, 0.1) is 6.61 Å². The zero-order chi connectivity index (χ0) is 16.4. The smallest absolute Gasteiger partial charge is 0.347 e. The number of hydrogen-bond acceptors (Lipinski definition) is 4. The average Bonchev–Trinajstić information content (AvgIpc) is 2.82. The summed E-state index contributed by atoms with van der Waals surface area (Å²) in [6.45, 7) is 13.9. The van der Waals surface area contributed by atoms with Crippen molar-refractivity contribution >= 4 is 11.9 Å². The number of hydrogen-bond donors (Lipinski definition) is 0. The summed E-state index contributed by atoms with van der Waals surface area (Å²) in [5, 5.41) is 0. The lowest BCUT2D eigenvalue weighted by Crippen LogP contribution is -2.33. The van der Waals surface area contributed by atoms with E-state index in [1.54, 1.807) is 0 Å². The molecule has 0 spiro atoms. The molecule has 0 aliphatic heterocycles. The Labute approximate surface area is 127 Å². The molecular weight excluding hydrogens is 268 g/mol. The third-order valence-electron chi connectivity index (χ3n) is 4.19. The van der Waals surface area contributed by atoms with Crippen LogP contribution in [-0.4, -0.2) is 24.6 Å². The minimum absolute atomic E-state index is 0.0952. The Kier molecular flexibility index (Phi) is 5.60. The second-order valence-corrected chi connectivity index (χ2v) is 7.10. The van der Waals surface area contributed by atoms with Gasteiger partial charge in [0, 0.05) is 18.8 Å². The third-order valence-corrected chi connectivity index (χ3v) is 4.19. The van der Waals surface area contributed by atoms with Gasteiger partial charge in [-0.15, -0.1) is 0 Å². The third kappa shape index (κ3) is 4.58. The molecule has 1 rings (SSSR count). The Morgan fingerprint density at radius 1 is 1.19 bits per heavy atom. The van der Waals surface area contributed by atoms with Crippen molar-refractivity contribution in [3.63, 3.8) is 0 Å². The van der Waals surface area contributed by atoms with Gasteiger partial charge in [-0.2, -0.15) is 0 Å². The molecule has 21 heavy (non-hydrogen) atoms. The summed E-state index contributed by atoms with van der Waals surface area (Å²) in [5.41, 5.74) is 1.44. The first-order valence-corrected chi connectivity index (χ1v) is 7.56. The highest BCUT2D eigenvalue weighted by molar-refractivity contribution is 5.78. The van der Waals surface area contributed by atoms with Gasteiger partial charge in [-0.25, -0.2) is 4.79 Å². The van der Waals surface area contributed by atoms with Crippen LogP contribution in [0, 0.1) is 23.2 Å². The van der Waals surface area contributed by atoms with Crippen molar-refractivity contribution < 1.29 is 19.1 Å². The highest BCUT2D eigenvalue weighted by Crippen LogP contribution is 2.59. The van der Waals surface area contributed by atoms with Gasteiger partial charge < -0.3 is 9.47 Å². The van der Waals surface area contributed by atoms with Crippen LogP contribution in [0.2, 0.25) is 0 Å². The Morgan fingerprint density at radius 2 is 1.76 bits per heavy atom. The van der Waals surface area contributed by atoms with Crippen molar-refractivity contribution in [3.05, 3.63) is 11.6 Å².